The molecule has 1 N–H and O–H groups in total. The molecule has 2 fully saturated rings. The van der Waals surface area contributed by atoms with Crippen molar-refractivity contribution >= 4 is 0 Å². The van der Waals surface area contributed by atoms with Gasteiger partial charge in [0.05, 0.1) is 19.3 Å². The number of aliphatic hydroxyl groups excluding tert-OH is 1. The van der Waals surface area contributed by atoms with Crippen LogP contribution in [0.1, 0.15) is 32.1 Å². The summed E-state index contributed by atoms with van der Waals surface area (Å²) < 4.78 is 11.3. The molecule has 0 saturated carbocycles. The van der Waals surface area contributed by atoms with Gasteiger partial charge in [-0.1, -0.05) is 0 Å². The molecule has 0 bridgehead atoms. The van der Waals surface area contributed by atoms with Crippen LogP contribution in [0.25, 0.3) is 0 Å². The highest BCUT2D eigenvalue weighted by Gasteiger charge is 2.34. The molecular weight excluding hydrogens is 230 g/mol. The molecule has 0 aromatic carbocycles. The third-order valence-electron chi connectivity index (χ3n) is 4.13. The summed E-state index contributed by atoms with van der Waals surface area (Å²) in [5.41, 5.74) is -0.0539. The van der Waals surface area contributed by atoms with Crippen LogP contribution in [-0.4, -0.2) is 62.7 Å². The molecule has 0 aliphatic carbocycles. The lowest BCUT2D eigenvalue weighted by Gasteiger charge is -2.39. The Balaban J connectivity index is 1.78. The van der Waals surface area contributed by atoms with E-state index < -0.39 is 0 Å². The normalized spacial score (nSPS) is 33.8. The molecule has 2 aliphatic rings. The Morgan fingerprint density at radius 2 is 2.17 bits per heavy atom. The lowest BCUT2D eigenvalue weighted by Crippen LogP contribution is -2.46. The summed E-state index contributed by atoms with van der Waals surface area (Å²) in [6.07, 6.45) is 6.17. The van der Waals surface area contributed by atoms with E-state index in [4.69, 9.17) is 9.47 Å². The van der Waals surface area contributed by atoms with Crippen molar-refractivity contribution in [1.29, 1.82) is 0 Å². The summed E-state index contributed by atoms with van der Waals surface area (Å²) in [6.45, 7) is 4.55. The van der Waals surface area contributed by atoms with Crippen molar-refractivity contribution in [2.45, 2.75) is 38.2 Å². The lowest BCUT2D eigenvalue weighted by molar-refractivity contribution is -0.0628. The lowest BCUT2D eigenvalue weighted by atomic mass is 9.83. The second kappa shape index (κ2) is 6.85. The predicted molar refractivity (Wildman–Crippen MR) is 70.7 cm³/mol. The Hall–Kier alpha value is -0.160. The first-order chi connectivity index (χ1) is 8.74. The number of nitrogens with zero attached hydrogens (tertiary/aromatic N) is 1. The average molecular weight is 257 g/mol. The second-order valence-corrected chi connectivity index (χ2v) is 6.00. The highest BCUT2D eigenvalue weighted by Crippen LogP contribution is 2.29. The van der Waals surface area contributed by atoms with Crippen LogP contribution in [0.15, 0.2) is 0 Å². The first-order valence-corrected chi connectivity index (χ1v) is 7.23. The van der Waals surface area contributed by atoms with Crippen molar-refractivity contribution in [3.8, 4) is 0 Å². The number of ether oxygens (including phenoxy) is 2. The molecule has 2 heterocycles. The molecule has 0 spiro atoms. The maximum Gasteiger partial charge on any atom is 0.0701 e. The largest absolute Gasteiger partial charge is 0.396 e. The number of hydrogen-bond donors (Lipinski definition) is 1. The van der Waals surface area contributed by atoms with E-state index in [1.807, 2.05) is 0 Å². The molecule has 2 atom stereocenters. The van der Waals surface area contributed by atoms with Crippen LogP contribution in [0.4, 0.5) is 0 Å². The van der Waals surface area contributed by atoms with Gasteiger partial charge in [-0.2, -0.15) is 0 Å². The van der Waals surface area contributed by atoms with E-state index in [0.29, 0.717) is 12.7 Å². The van der Waals surface area contributed by atoms with Crippen molar-refractivity contribution < 1.29 is 14.6 Å². The van der Waals surface area contributed by atoms with Crippen LogP contribution in [0.2, 0.25) is 0 Å². The van der Waals surface area contributed by atoms with Crippen LogP contribution in [0, 0.1) is 5.41 Å². The standard InChI is InChI=1S/C14H27NO3/c1-15(9-13-5-2-3-8-18-13)10-14(11-16)6-4-7-17-12-14/h13,16H,2-12H2,1H3. The topological polar surface area (TPSA) is 41.9 Å². The predicted octanol–water partition coefficient (Wildman–Crippen LogP) is 1.28. The molecule has 0 radical (unpaired) electrons. The van der Waals surface area contributed by atoms with Gasteiger partial charge in [0.25, 0.3) is 0 Å². The van der Waals surface area contributed by atoms with Crippen molar-refractivity contribution in [2.24, 2.45) is 5.41 Å². The van der Waals surface area contributed by atoms with Gasteiger partial charge in [0, 0.05) is 31.7 Å². The third-order valence-corrected chi connectivity index (χ3v) is 4.13. The molecule has 2 saturated heterocycles. The molecule has 106 valence electrons. The fourth-order valence-corrected chi connectivity index (χ4v) is 3.15. The molecule has 2 rings (SSSR count). The van der Waals surface area contributed by atoms with Crippen LogP contribution < -0.4 is 0 Å². The maximum absolute atomic E-state index is 9.66. The smallest absolute Gasteiger partial charge is 0.0701 e. The number of aliphatic hydroxyl groups is 1. The summed E-state index contributed by atoms with van der Waals surface area (Å²) in [4.78, 5) is 2.31. The molecule has 2 unspecified atom stereocenters. The molecule has 0 aromatic rings. The zero-order valence-corrected chi connectivity index (χ0v) is 11.6. The molecule has 2 aliphatic heterocycles. The maximum atomic E-state index is 9.66. The number of hydrogen-bond acceptors (Lipinski definition) is 4. The average Bonchev–Trinajstić information content (AvgIpc) is 2.41. The van der Waals surface area contributed by atoms with Gasteiger partial charge in [-0.25, -0.2) is 0 Å². The first kappa shape index (κ1) is 14.3. The van der Waals surface area contributed by atoms with Crippen molar-refractivity contribution in [3.63, 3.8) is 0 Å². The minimum Gasteiger partial charge on any atom is -0.396 e. The molecule has 0 aromatic heterocycles. The van der Waals surface area contributed by atoms with Crippen molar-refractivity contribution in [1.82, 2.24) is 4.90 Å². The summed E-state index contributed by atoms with van der Waals surface area (Å²) in [5, 5.41) is 9.66. The highest BCUT2D eigenvalue weighted by atomic mass is 16.5. The van der Waals surface area contributed by atoms with Crippen LogP contribution in [0.3, 0.4) is 0 Å². The molecular formula is C14H27NO3. The second-order valence-electron chi connectivity index (χ2n) is 6.00. The van der Waals surface area contributed by atoms with Gasteiger partial charge in [0.1, 0.15) is 0 Å². The van der Waals surface area contributed by atoms with E-state index >= 15 is 0 Å². The van der Waals surface area contributed by atoms with Crippen LogP contribution in [-0.2, 0) is 9.47 Å². The van der Waals surface area contributed by atoms with Gasteiger partial charge in [0.2, 0.25) is 0 Å². The van der Waals surface area contributed by atoms with E-state index in [9.17, 15) is 5.11 Å². The Kier molecular flexibility index (Phi) is 5.42. The van der Waals surface area contributed by atoms with Gasteiger partial charge in [-0.3, -0.25) is 0 Å². The quantitative estimate of drug-likeness (QED) is 0.805. The fourth-order valence-electron chi connectivity index (χ4n) is 3.15. The molecule has 4 nitrogen and oxygen atoms in total. The zero-order valence-electron chi connectivity index (χ0n) is 11.6. The third kappa shape index (κ3) is 3.92. The fraction of sp³-hybridized carbons (Fsp3) is 1.00. The van der Waals surface area contributed by atoms with Crippen molar-refractivity contribution in [2.75, 3.05) is 46.6 Å². The minimum absolute atomic E-state index is 0.0539. The van der Waals surface area contributed by atoms with E-state index in [1.165, 1.54) is 19.3 Å². The van der Waals surface area contributed by atoms with Gasteiger partial charge in [-0.15, -0.1) is 0 Å². The first-order valence-electron chi connectivity index (χ1n) is 7.23. The van der Waals surface area contributed by atoms with Gasteiger partial charge >= 0.3 is 0 Å². The van der Waals surface area contributed by atoms with Crippen LogP contribution in [0.5, 0.6) is 0 Å². The molecule has 18 heavy (non-hydrogen) atoms. The number of likely N-dealkylation sites (N-methyl/N-ethyl adjacent to an activating group) is 1. The van der Waals surface area contributed by atoms with Crippen LogP contribution >= 0.6 is 0 Å². The Bertz CT molecular complexity index is 235. The number of rotatable bonds is 5. The highest BCUT2D eigenvalue weighted by molar-refractivity contribution is 4.84. The Morgan fingerprint density at radius 3 is 2.78 bits per heavy atom. The zero-order chi connectivity index (χ0) is 12.8. The Labute approximate surface area is 110 Å². The summed E-state index contributed by atoms with van der Waals surface area (Å²) >= 11 is 0. The van der Waals surface area contributed by atoms with Gasteiger partial charge in [-0.05, 0) is 39.2 Å². The summed E-state index contributed by atoms with van der Waals surface area (Å²) in [5.74, 6) is 0. The molecule has 4 heteroatoms. The van der Waals surface area contributed by atoms with E-state index in [1.54, 1.807) is 0 Å². The summed E-state index contributed by atoms with van der Waals surface area (Å²) in [6, 6.07) is 0. The van der Waals surface area contributed by atoms with E-state index in [-0.39, 0.29) is 12.0 Å². The SMILES string of the molecule is CN(CC1CCCCO1)CC1(CO)CCCOC1. The minimum atomic E-state index is -0.0539. The molecule has 0 amide bonds. The van der Waals surface area contributed by atoms with Gasteiger partial charge < -0.3 is 19.5 Å². The van der Waals surface area contributed by atoms with Crippen molar-refractivity contribution in [3.05, 3.63) is 0 Å². The summed E-state index contributed by atoms with van der Waals surface area (Å²) in [7, 11) is 2.13. The van der Waals surface area contributed by atoms with E-state index in [0.717, 1.165) is 39.1 Å². The van der Waals surface area contributed by atoms with E-state index in [2.05, 4.69) is 11.9 Å². The van der Waals surface area contributed by atoms with Gasteiger partial charge in [0.15, 0.2) is 0 Å². The Morgan fingerprint density at radius 1 is 1.28 bits per heavy atom. The monoisotopic (exact) mass is 257 g/mol.